The Bertz CT molecular complexity index is 668. The first-order valence-corrected chi connectivity index (χ1v) is 10.1. The van der Waals surface area contributed by atoms with Gasteiger partial charge in [-0.1, -0.05) is 24.4 Å². The molecule has 2 fully saturated rings. The van der Waals surface area contributed by atoms with E-state index >= 15 is 0 Å². The number of carbonyl (C=O) groups excluding carboxylic acids is 2. The molecule has 0 spiro atoms. The van der Waals surface area contributed by atoms with E-state index in [1.54, 1.807) is 25.2 Å². The molecule has 1 saturated carbocycles. The van der Waals surface area contributed by atoms with Crippen LogP contribution in [-0.4, -0.2) is 55.5 Å². The molecule has 3 rings (SSSR count). The topological polar surface area (TPSA) is 70.7 Å². The van der Waals surface area contributed by atoms with Gasteiger partial charge in [-0.25, -0.2) is 0 Å². The first-order chi connectivity index (χ1) is 13.0. The lowest BCUT2D eigenvalue weighted by Crippen LogP contribution is -2.43. The average Bonchev–Trinajstić information content (AvgIpc) is 3.17. The van der Waals surface area contributed by atoms with E-state index in [9.17, 15) is 9.59 Å². The van der Waals surface area contributed by atoms with E-state index in [1.807, 2.05) is 0 Å². The molecular formula is C20H28ClN3O3. The molecule has 1 heterocycles. The molecule has 148 valence electrons. The largest absolute Gasteiger partial charge is 0.489 e. The van der Waals surface area contributed by atoms with Gasteiger partial charge in [-0.2, -0.15) is 0 Å². The van der Waals surface area contributed by atoms with Crippen molar-refractivity contribution in [2.24, 2.45) is 0 Å². The molecule has 2 amide bonds. The highest BCUT2D eigenvalue weighted by molar-refractivity contribution is 6.32. The van der Waals surface area contributed by atoms with E-state index in [2.05, 4.69) is 15.5 Å². The number of hydrogen-bond acceptors (Lipinski definition) is 4. The number of nitrogens with one attached hydrogen (secondary N) is 2. The lowest BCUT2D eigenvalue weighted by Gasteiger charge is -2.31. The summed E-state index contributed by atoms with van der Waals surface area (Å²) >= 11 is 6.36. The monoisotopic (exact) mass is 393 g/mol. The molecule has 0 radical (unpaired) electrons. The van der Waals surface area contributed by atoms with Crippen molar-refractivity contribution < 1.29 is 14.3 Å². The summed E-state index contributed by atoms with van der Waals surface area (Å²) in [5, 5.41) is 6.18. The van der Waals surface area contributed by atoms with Crippen LogP contribution in [0.2, 0.25) is 5.02 Å². The highest BCUT2D eigenvalue weighted by atomic mass is 35.5. The fourth-order valence-corrected chi connectivity index (χ4v) is 3.95. The third-order valence-electron chi connectivity index (χ3n) is 5.36. The second-order valence-corrected chi connectivity index (χ2v) is 7.77. The van der Waals surface area contributed by atoms with Crippen LogP contribution in [0.1, 0.15) is 48.9 Å². The van der Waals surface area contributed by atoms with Gasteiger partial charge in [0.05, 0.1) is 11.6 Å². The summed E-state index contributed by atoms with van der Waals surface area (Å²) in [6, 6.07) is 5.52. The van der Waals surface area contributed by atoms with Gasteiger partial charge in [0.25, 0.3) is 5.91 Å². The molecule has 1 aliphatic heterocycles. The van der Waals surface area contributed by atoms with Crippen LogP contribution in [-0.2, 0) is 4.79 Å². The summed E-state index contributed by atoms with van der Waals surface area (Å²) in [6.07, 6.45) is 6.23. The minimum absolute atomic E-state index is 0.0314. The number of likely N-dealkylation sites (N-methyl/N-ethyl adjacent to an activating group) is 1. The molecule has 0 unspecified atom stereocenters. The summed E-state index contributed by atoms with van der Waals surface area (Å²) in [6.45, 7) is 2.06. The van der Waals surface area contributed by atoms with Crippen LogP contribution < -0.4 is 15.4 Å². The van der Waals surface area contributed by atoms with Crippen LogP contribution in [0.4, 0.5) is 0 Å². The third-order valence-corrected chi connectivity index (χ3v) is 5.65. The molecule has 0 bridgehead atoms. The predicted octanol–water partition coefficient (Wildman–Crippen LogP) is 2.60. The Hall–Kier alpha value is -1.79. The van der Waals surface area contributed by atoms with E-state index in [-0.39, 0.29) is 24.0 Å². The maximum atomic E-state index is 12.4. The van der Waals surface area contributed by atoms with Crippen LogP contribution in [0.5, 0.6) is 5.75 Å². The Balaban J connectivity index is 1.51. The van der Waals surface area contributed by atoms with Gasteiger partial charge in [-0.15, -0.1) is 0 Å². The maximum absolute atomic E-state index is 12.4. The van der Waals surface area contributed by atoms with Gasteiger partial charge < -0.3 is 15.4 Å². The van der Waals surface area contributed by atoms with Gasteiger partial charge in [0.1, 0.15) is 11.9 Å². The molecular weight excluding hydrogens is 366 g/mol. The lowest BCUT2D eigenvalue weighted by molar-refractivity contribution is -0.122. The zero-order valence-corrected chi connectivity index (χ0v) is 16.6. The predicted molar refractivity (Wildman–Crippen MR) is 105 cm³/mol. The number of carbonyl (C=O) groups is 2. The summed E-state index contributed by atoms with van der Waals surface area (Å²) < 4.78 is 6.04. The number of piperidine rings is 1. The summed E-state index contributed by atoms with van der Waals surface area (Å²) in [7, 11) is 1.65. The standard InChI is InChI=1S/C20H28ClN3O3/c1-22-19(25)13-24-10-8-16(9-11-24)27-18-7-6-14(12-17(18)21)20(26)23-15-4-2-3-5-15/h6-7,12,15-16H,2-5,8-11,13H2,1H3,(H,22,25)(H,23,26). The summed E-state index contributed by atoms with van der Waals surface area (Å²) in [5.74, 6) is 0.570. The number of amides is 2. The molecule has 1 aliphatic carbocycles. The van der Waals surface area contributed by atoms with E-state index in [0.29, 0.717) is 22.9 Å². The molecule has 7 heteroatoms. The smallest absolute Gasteiger partial charge is 0.251 e. The van der Waals surface area contributed by atoms with Gasteiger partial charge in [0.15, 0.2) is 0 Å². The number of ether oxygens (including phenoxy) is 1. The Kier molecular flexibility index (Phi) is 6.96. The quantitative estimate of drug-likeness (QED) is 0.779. The molecule has 2 N–H and O–H groups in total. The van der Waals surface area contributed by atoms with Gasteiger partial charge in [-0.05, 0) is 43.9 Å². The average molecular weight is 394 g/mol. The van der Waals surface area contributed by atoms with Crippen molar-refractivity contribution in [3.8, 4) is 5.75 Å². The fraction of sp³-hybridized carbons (Fsp3) is 0.600. The number of hydrogen-bond donors (Lipinski definition) is 2. The molecule has 27 heavy (non-hydrogen) atoms. The van der Waals surface area contributed by atoms with Crippen LogP contribution in [0.25, 0.3) is 0 Å². The number of rotatable bonds is 6. The van der Waals surface area contributed by atoms with Crippen LogP contribution in [0, 0.1) is 0 Å². The van der Waals surface area contributed by atoms with Crippen molar-refractivity contribution in [1.29, 1.82) is 0 Å². The van der Waals surface area contributed by atoms with Crippen molar-refractivity contribution >= 4 is 23.4 Å². The Morgan fingerprint density at radius 1 is 1.19 bits per heavy atom. The number of likely N-dealkylation sites (tertiary alicyclic amines) is 1. The van der Waals surface area contributed by atoms with Crippen LogP contribution in [0.3, 0.4) is 0 Å². The zero-order valence-electron chi connectivity index (χ0n) is 15.8. The van der Waals surface area contributed by atoms with Crippen molar-refractivity contribution in [2.45, 2.75) is 50.7 Å². The van der Waals surface area contributed by atoms with E-state index in [1.165, 1.54) is 12.8 Å². The van der Waals surface area contributed by atoms with Crippen molar-refractivity contribution in [3.63, 3.8) is 0 Å². The SMILES string of the molecule is CNC(=O)CN1CCC(Oc2ccc(C(=O)NC3CCCC3)cc2Cl)CC1. The highest BCUT2D eigenvalue weighted by Crippen LogP contribution is 2.29. The van der Waals surface area contributed by atoms with Crippen molar-refractivity contribution in [2.75, 3.05) is 26.7 Å². The molecule has 6 nitrogen and oxygen atoms in total. The first-order valence-electron chi connectivity index (χ1n) is 9.75. The van der Waals surface area contributed by atoms with Crippen LogP contribution in [0.15, 0.2) is 18.2 Å². The Morgan fingerprint density at radius 3 is 2.52 bits per heavy atom. The lowest BCUT2D eigenvalue weighted by atomic mass is 10.1. The summed E-state index contributed by atoms with van der Waals surface area (Å²) in [5.41, 5.74) is 0.569. The molecule has 1 aromatic rings. The number of halogens is 1. The van der Waals surface area contributed by atoms with E-state index in [4.69, 9.17) is 16.3 Å². The minimum atomic E-state index is -0.0714. The highest BCUT2D eigenvalue weighted by Gasteiger charge is 2.23. The van der Waals surface area contributed by atoms with Gasteiger partial charge in [-0.3, -0.25) is 14.5 Å². The molecule has 2 aliphatic rings. The Labute approximate surface area is 165 Å². The molecule has 1 saturated heterocycles. The van der Waals surface area contributed by atoms with Crippen molar-refractivity contribution in [1.82, 2.24) is 15.5 Å². The second-order valence-electron chi connectivity index (χ2n) is 7.37. The second kappa shape index (κ2) is 9.42. The minimum Gasteiger partial charge on any atom is -0.489 e. The Morgan fingerprint density at radius 2 is 1.89 bits per heavy atom. The zero-order chi connectivity index (χ0) is 19.2. The van der Waals surface area contributed by atoms with Gasteiger partial charge in [0.2, 0.25) is 5.91 Å². The molecule has 0 aromatic heterocycles. The van der Waals surface area contributed by atoms with Gasteiger partial charge >= 0.3 is 0 Å². The fourth-order valence-electron chi connectivity index (χ4n) is 3.72. The summed E-state index contributed by atoms with van der Waals surface area (Å²) in [4.78, 5) is 25.9. The van der Waals surface area contributed by atoms with Crippen molar-refractivity contribution in [3.05, 3.63) is 28.8 Å². The van der Waals surface area contributed by atoms with Crippen LogP contribution >= 0.6 is 11.6 Å². The first kappa shape index (κ1) is 20.0. The van der Waals surface area contributed by atoms with Gasteiger partial charge in [0, 0.05) is 31.7 Å². The number of benzene rings is 1. The maximum Gasteiger partial charge on any atom is 0.251 e. The third kappa shape index (κ3) is 5.59. The normalized spacial score (nSPS) is 19.0. The molecule has 1 aromatic carbocycles. The number of nitrogens with zero attached hydrogens (tertiary/aromatic N) is 1. The van der Waals surface area contributed by atoms with E-state index < -0.39 is 0 Å². The van der Waals surface area contributed by atoms with E-state index in [0.717, 1.165) is 38.8 Å². The molecule has 0 atom stereocenters.